The van der Waals surface area contributed by atoms with Gasteiger partial charge in [0.05, 0.1) is 24.7 Å². The molecule has 1 saturated heterocycles. The number of hydrogen-bond donors (Lipinski definition) is 1. The molecule has 108 valence electrons. The summed E-state index contributed by atoms with van der Waals surface area (Å²) in [7, 11) is 0. The van der Waals surface area contributed by atoms with Crippen molar-refractivity contribution in [1.29, 1.82) is 0 Å². The lowest BCUT2D eigenvalue weighted by Gasteiger charge is -2.37. The van der Waals surface area contributed by atoms with Crippen LogP contribution in [0.2, 0.25) is 0 Å². The van der Waals surface area contributed by atoms with E-state index in [2.05, 4.69) is 0 Å². The lowest BCUT2D eigenvalue weighted by atomic mass is 9.82. The van der Waals surface area contributed by atoms with E-state index in [0.717, 1.165) is 19.3 Å². The lowest BCUT2D eigenvalue weighted by Crippen LogP contribution is -2.50. The average molecular weight is 269 g/mol. The number of carbonyl (C=O) groups is 2. The molecule has 0 aromatic carbocycles. The molecule has 5 nitrogen and oxygen atoms in total. The van der Waals surface area contributed by atoms with Crippen LogP contribution in [0.25, 0.3) is 0 Å². The predicted molar refractivity (Wildman–Crippen MR) is 69.8 cm³/mol. The van der Waals surface area contributed by atoms with Crippen molar-refractivity contribution in [3.8, 4) is 0 Å². The molecule has 1 saturated carbocycles. The first kappa shape index (κ1) is 14.3. The molecule has 1 aliphatic heterocycles. The standard InChI is InChI=1S/C14H23NO4/c1-2-11-10-19-8-7-15(11)12(16)9-14(13(17)18)5-3-4-6-14/h11H,2-10H2,1H3,(H,17,18). The molecule has 1 unspecified atom stereocenters. The van der Waals surface area contributed by atoms with Crippen molar-refractivity contribution in [2.75, 3.05) is 19.8 Å². The van der Waals surface area contributed by atoms with Crippen LogP contribution in [0.4, 0.5) is 0 Å². The molecule has 1 amide bonds. The molecule has 1 atom stereocenters. The second kappa shape index (κ2) is 5.90. The van der Waals surface area contributed by atoms with Gasteiger partial charge in [-0.25, -0.2) is 0 Å². The zero-order valence-corrected chi connectivity index (χ0v) is 11.6. The first-order chi connectivity index (χ1) is 9.09. The van der Waals surface area contributed by atoms with Crippen LogP contribution in [0.5, 0.6) is 0 Å². The fourth-order valence-corrected chi connectivity index (χ4v) is 3.23. The number of ether oxygens (including phenoxy) is 1. The van der Waals surface area contributed by atoms with Crippen LogP contribution in [0.3, 0.4) is 0 Å². The zero-order valence-electron chi connectivity index (χ0n) is 11.6. The van der Waals surface area contributed by atoms with Gasteiger partial charge < -0.3 is 14.7 Å². The smallest absolute Gasteiger partial charge is 0.310 e. The summed E-state index contributed by atoms with van der Waals surface area (Å²) in [6.45, 7) is 3.75. The molecule has 1 aliphatic carbocycles. The number of carboxylic acids is 1. The van der Waals surface area contributed by atoms with Gasteiger partial charge in [0.25, 0.3) is 0 Å². The van der Waals surface area contributed by atoms with Crippen LogP contribution in [-0.2, 0) is 14.3 Å². The van der Waals surface area contributed by atoms with Crippen molar-refractivity contribution in [3.63, 3.8) is 0 Å². The van der Waals surface area contributed by atoms with Crippen molar-refractivity contribution in [2.24, 2.45) is 5.41 Å². The van der Waals surface area contributed by atoms with Gasteiger partial charge >= 0.3 is 5.97 Å². The lowest BCUT2D eigenvalue weighted by molar-refractivity contribution is -0.156. The Kier molecular flexibility index (Phi) is 4.45. The van der Waals surface area contributed by atoms with Crippen LogP contribution >= 0.6 is 0 Å². The van der Waals surface area contributed by atoms with Crippen molar-refractivity contribution in [2.45, 2.75) is 51.5 Å². The Labute approximate surface area is 113 Å². The predicted octanol–water partition coefficient (Wildman–Crippen LogP) is 1.66. The molecule has 2 aliphatic rings. The molecule has 0 bridgehead atoms. The van der Waals surface area contributed by atoms with E-state index >= 15 is 0 Å². The van der Waals surface area contributed by atoms with E-state index in [0.29, 0.717) is 32.6 Å². The second-order valence-corrected chi connectivity index (χ2v) is 5.69. The van der Waals surface area contributed by atoms with E-state index in [1.807, 2.05) is 11.8 Å². The normalized spacial score (nSPS) is 26.4. The molecule has 2 fully saturated rings. The molecule has 1 heterocycles. The maximum Gasteiger partial charge on any atom is 0.310 e. The highest BCUT2D eigenvalue weighted by Crippen LogP contribution is 2.42. The summed E-state index contributed by atoms with van der Waals surface area (Å²) in [5.74, 6) is -0.820. The van der Waals surface area contributed by atoms with Crippen molar-refractivity contribution >= 4 is 11.9 Å². The maximum absolute atomic E-state index is 12.4. The summed E-state index contributed by atoms with van der Waals surface area (Å²) in [6.07, 6.45) is 4.11. The van der Waals surface area contributed by atoms with Crippen LogP contribution in [-0.4, -0.2) is 47.7 Å². The number of amides is 1. The molecule has 0 aromatic heterocycles. The van der Waals surface area contributed by atoms with E-state index < -0.39 is 11.4 Å². The minimum atomic E-state index is -0.812. The first-order valence-corrected chi connectivity index (χ1v) is 7.20. The number of morpholine rings is 1. The summed E-state index contributed by atoms with van der Waals surface area (Å²) in [6, 6.07) is 0.105. The molecule has 0 radical (unpaired) electrons. The fourth-order valence-electron chi connectivity index (χ4n) is 3.23. The molecule has 1 N–H and O–H groups in total. The Balaban J connectivity index is 2.04. The highest BCUT2D eigenvalue weighted by Gasteiger charge is 2.44. The molecule has 0 aromatic rings. The van der Waals surface area contributed by atoms with Crippen LogP contribution in [0.15, 0.2) is 0 Å². The first-order valence-electron chi connectivity index (χ1n) is 7.20. The summed E-state index contributed by atoms with van der Waals surface area (Å²) in [5.41, 5.74) is -0.812. The minimum absolute atomic E-state index is 0.0144. The van der Waals surface area contributed by atoms with Gasteiger partial charge in [0.1, 0.15) is 0 Å². The van der Waals surface area contributed by atoms with Gasteiger partial charge in [-0.05, 0) is 19.3 Å². The number of hydrogen-bond acceptors (Lipinski definition) is 3. The number of aliphatic carboxylic acids is 1. The minimum Gasteiger partial charge on any atom is -0.481 e. The molecule has 2 rings (SSSR count). The van der Waals surface area contributed by atoms with Gasteiger partial charge in [-0.15, -0.1) is 0 Å². The highest BCUT2D eigenvalue weighted by molar-refractivity contribution is 5.85. The third kappa shape index (κ3) is 2.91. The highest BCUT2D eigenvalue weighted by atomic mass is 16.5. The van der Waals surface area contributed by atoms with E-state index in [9.17, 15) is 14.7 Å². The van der Waals surface area contributed by atoms with Crippen LogP contribution in [0.1, 0.15) is 45.4 Å². The summed E-state index contributed by atoms with van der Waals surface area (Å²) < 4.78 is 5.39. The quantitative estimate of drug-likeness (QED) is 0.843. The zero-order chi connectivity index (χ0) is 13.9. The van der Waals surface area contributed by atoms with Gasteiger partial charge in [-0.3, -0.25) is 9.59 Å². The van der Waals surface area contributed by atoms with Gasteiger partial charge in [-0.2, -0.15) is 0 Å². The van der Waals surface area contributed by atoms with Gasteiger partial charge in [0.15, 0.2) is 0 Å². The van der Waals surface area contributed by atoms with Gasteiger partial charge in [-0.1, -0.05) is 19.8 Å². The third-order valence-electron chi connectivity index (χ3n) is 4.52. The number of nitrogens with zero attached hydrogens (tertiary/aromatic N) is 1. The maximum atomic E-state index is 12.4. The largest absolute Gasteiger partial charge is 0.481 e. The Morgan fingerprint density at radius 1 is 1.37 bits per heavy atom. The Hall–Kier alpha value is -1.10. The van der Waals surface area contributed by atoms with E-state index in [1.165, 1.54) is 0 Å². The Bertz CT molecular complexity index is 349. The van der Waals surface area contributed by atoms with Crippen molar-refractivity contribution in [3.05, 3.63) is 0 Å². The van der Waals surface area contributed by atoms with Gasteiger partial charge in [0.2, 0.25) is 5.91 Å². The molecular formula is C14H23NO4. The van der Waals surface area contributed by atoms with Crippen LogP contribution in [0, 0.1) is 5.41 Å². The molecular weight excluding hydrogens is 246 g/mol. The second-order valence-electron chi connectivity index (χ2n) is 5.69. The SMILES string of the molecule is CCC1COCCN1C(=O)CC1(C(=O)O)CCCC1. The summed E-state index contributed by atoms with van der Waals surface area (Å²) in [5, 5.41) is 9.44. The summed E-state index contributed by atoms with van der Waals surface area (Å²) in [4.78, 5) is 25.8. The molecule has 0 spiro atoms. The molecule has 19 heavy (non-hydrogen) atoms. The number of carboxylic acid groups (broad SMARTS) is 1. The van der Waals surface area contributed by atoms with E-state index in [-0.39, 0.29) is 18.4 Å². The Morgan fingerprint density at radius 3 is 2.63 bits per heavy atom. The monoisotopic (exact) mass is 269 g/mol. The fraction of sp³-hybridized carbons (Fsp3) is 0.857. The van der Waals surface area contributed by atoms with E-state index in [4.69, 9.17) is 4.74 Å². The topological polar surface area (TPSA) is 66.8 Å². The van der Waals surface area contributed by atoms with Crippen LogP contribution < -0.4 is 0 Å². The van der Waals surface area contributed by atoms with Gasteiger partial charge in [0, 0.05) is 13.0 Å². The number of rotatable bonds is 4. The third-order valence-corrected chi connectivity index (χ3v) is 4.52. The molecule has 5 heteroatoms. The Morgan fingerprint density at radius 2 is 2.05 bits per heavy atom. The number of carbonyl (C=O) groups excluding carboxylic acids is 1. The summed E-state index contributed by atoms with van der Waals surface area (Å²) >= 11 is 0. The van der Waals surface area contributed by atoms with Crippen molar-refractivity contribution in [1.82, 2.24) is 4.90 Å². The van der Waals surface area contributed by atoms with E-state index in [1.54, 1.807) is 0 Å². The average Bonchev–Trinajstić information content (AvgIpc) is 2.88. The van der Waals surface area contributed by atoms with Crippen molar-refractivity contribution < 1.29 is 19.4 Å².